The van der Waals surface area contributed by atoms with Crippen LogP contribution >= 0.6 is 11.3 Å². The Balaban J connectivity index is 2.09. The van der Waals surface area contributed by atoms with Crippen molar-refractivity contribution in [3.8, 4) is 0 Å². The van der Waals surface area contributed by atoms with Crippen LogP contribution in [0.1, 0.15) is 26.3 Å². The summed E-state index contributed by atoms with van der Waals surface area (Å²) in [5.41, 5.74) is 1.00. The summed E-state index contributed by atoms with van der Waals surface area (Å²) in [6.45, 7) is 0.00531. The van der Waals surface area contributed by atoms with Gasteiger partial charge in [-0.25, -0.2) is 9.18 Å². The second-order valence-corrected chi connectivity index (χ2v) is 4.77. The molecule has 4 nitrogen and oxygen atoms in total. The van der Waals surface area contributed by atoms with Crippen LogP contribution in [0, 0.1) is 5.82 Å². The predicted molar refractivity (Wildman–Crippen MR) is 73.2 cm³/mol. The van der Waals surface area contributed by atoms with E-state index in [1.165, 1.54) is 36.6 Å². The molecule has 0 fully saturated rings. The first-order valence-corrected chi connectivity index (χ1v) is 6.73. The molecule has 104 valence electrons. The van der Waals surface area contributed by atoms with Crippen molar-refractivity contribution in [1.82, 2.24) is 5.32 Å². The number of amides is 1. The number of esters is 1. The van der Waals surface area contributed by atoms with Crippen LogP contribution < -0.4 is 5.32 Å². The minimum Gasteiger partial charge on any atom is -0.465 e. The molecular formula is C14H12FNO3S. The molecule has 0 aliphatic heterocycles. The Bertz CT molecular complexity index is 625. The summed E-state index contributed by atoms with van der Waals surface area (Å²) in [5.74, 6) is -1.31. The standard InChI is InChI=1S/C14H12FNO3S/c1-19-14(18)9-2-3-12(15)11(6-9)7-16-13(17)10-4-5-20-8-10/h2-6,8H,7H2,1H3,(H,16,17). The van der Waals surface area contributed by atoms with E-state index in [0.717, 1.165) is 0 Å². The molecule has 0 radical (unpaired) electrons. The van der Waals surface area contributed by atoms with E-state index in [1.807, 2.05) is 0 Å². The number of thiophene rings is 1. The van der Waals surface area contributed by atoms with E-state index in [4.69, 9.17) is 0 Å². The van der Waals surface area contributed by atoms with E-state index in [1.54, 1.807) is 16.8 Å². The zero-order valence-electron chi connectivity index (χ0n) is 10.7. The van der Waals surface area contributed by atoms with Crippen LogP contribution in [0.4, 0.5) is 4.39 Å². The molecule has 1 N–H and O–H groups in total. The molecule has 2 rings (SSSR count). The lowest BCUT2D eigenvalue weighted by Gasteiger charge is -2.07. The SMILES string of the molecule is COC(=O)c1ccc(F)c(CNC(=O)c2ccsc2)c1. The maximum Gasteiger partial charge on any atom is 0.337 e. The van der Waals surface area contributed by atoms with Gasteiger partial charge >= 0.3 is 5.97 Å². The van der Waals surface area contributed by atoms with Crippen LogP contribution in [0.25, 0.3) is 0 Å². The molecule has 0 saturated heterocycles. The fourth-order valence-corrected chi connectivity index (χ4v) is 2.26. The normalized spacial score (nSPS) is 10.1. The number of carbonyl (C=O) groups is 2. The van der Waals surface area contributed by atoms with Crippen molar-refractivity contribution >= 4 is 23.2 Å². The topological polar surface area (TPSA) is 55.4 Å². The molecule has 1 amide bonds. The molecule has 1 aromatic carbocycles. The van der Waals surface area contributed by atoms with Gasteiger partial charge in [-0.1, -0.05) is 0 Å². The number of nitrogens with one attached hydrogen (secondary N) is 1. The molecule has 0 atom stereocenters. The summed E-state index contributed by atoms with van der Waals surface area (Å²) in [7, 11) is 1.25. The first-order valence-electron chi connectivity index (χ1n) is 5.79. The number of hydrogen-bond acceptors (Lipinski definition) is 4. The Morgan fingerprint density at radius 3 is 2.75 bits per heavy atom. The van der Waals surface area contributed by atoms with E-state index < -0.39 is 11.8 Å². The molecule has 1 aromatic heterocycles. The highest BCUT2D eigenvalue weighted by atomic mass is 32.1. The number of ether oxygens (including phenoxy) is 1. The van der Waals surface area contributed by atoms with E-state index in [0.29, 0.717) is 5.56 Å². The van der Waals surface area contributed by atoms with Crippen molar-refractivity contribution in [2.75, 3.05) is 7.11 Å². The van der Waals surface area contributed by atoms with Crippen molar-refractivity contribution in [2.45, 2.75) is 6.54 Å². The van der Waals surface area contributed by atoms with E-state index in [2.05, 4.69) is 10.1 Å². The number of rotatable bonds is 4. The Kier molecular flexibility index (Phi) is 4.47. The minimum atomic E-state index is -0.546. The molecule has 0 saturated carbocycles. The van der Waals surface area contributed by atoms with Gasteiger partial charge in [-0.2, -0.15) is 11.3 Å². The Morgan fingerprint density at radius 2 is 2.10 bits per heavy atom. The lowest BCUT2D eigenvalue weighted by molar-refractivity contribution is 0.0600. The molecule has 0 unspecified atom stereocenters. The molecule has 6 heteroatoms. The quantitative estimate of drug-likeness (QED) is 0.882. The maximum atomic E-state index is 13.6. The van der Waals surface area contributed by atoms with E-state index >= 15 is 0 Å². The van der Waals surface area contributed by atoms with E-state index in [9.17, 15) is 14.0 Å². The molecule has 20 heavy (non-hydrogen) atoms. The van der Waals surface area contributed by atoms with Crippen LogP contribution in [0.2, 0.25) is 0 Å². The summed E-state index contributed by atoms with van der Waals surface area (Å²) >= 11 is 1.41. The third kappa shape index (κ3) is 3.21. The molecule has 1 heterocycles. The fraction of sp³-hybridized carbons (Fsp3) is 0.143. The lowest BCUT2D eigenvalue weighted by atomic mass is 10.1. The average Bonchev–Trinajstić information content (AvgIpc) is 2.99. The van der Waals surface area contributed by atoms with Crippen molar-refractivity contribution in [3.63, 3.8) is 0 Å². The number of hydrogen-bond donors (Lipinski definition) is 1. The van der Waals surface area contributed by atoms with Gasteiger partial charge in [-0.3, -0.25) is 4.79 Å². The van der Waals surface area contributed by atoms with Crippen LogP contribution in [0.15, 0.2) is 35.0 Å². The summed E-state index contributed by atoms with van der Waals surface area (Å²) < 4.78 is 18.2. The maximum absolute atomic E-state index is 13.6. The van der Waals surface area contributed by atoms with Crippen LogP contribution in [0.3, 0.4) is 0 Å². The molecule has 0 bridgehead atoms. The predicted octanol–water partition coefficient (Wildman–Crippen LogP) is 2.60. The van der Waals surface area contributed by atoms with Gasteiger partial charge in [-0.05, 0) is 29.6 Å². The largest absolute Gasteiger partial charge is 0.465 e. The van der Waals surface area contributed by atoms with Crippen LogP contribution in [-0.4, -0.2) is 19.0 Å². The van der Waals surface area contributed by atoms with Crippen LogP contribution in [-0.2, 0) is 11.3 Å². The van der Waals surface area contributed by atoms with Gasteiger partial charge in [-0.15, -0.1) is 0 Å². The highest BCUT2D eigenvalue weighted by Crippen LogP contribution is 2.12. The summed E-state index contributed by atoms with van der Waals surface area (Å²) in [4.78, 5) is 23.1. The molecule has 2 aromatic rings. The fourth-order valence-electron chi connectivity index (χ4n) is 1.63. The van der Waals surface area contributed by atoms with Crippen molar-refractivity contribution in [3.05, 3.63) is 57.5 Å². The first kappa shape index (κ1) is 14.2. The number of halogens is 1. The van der Waals surface area contributed by atoms with Crippen molar-refractivity contribution in [2.24, 2.45) is 0 Å². The molecular weight excluding hydrogens is 281 g/mol. The zero-order chi connectivity index (χ0) is 14.5. The monoisotopic (exact) mass is 293 g/mol. The number of carbonyl (C=O) groups excluding carboxylic acids is 2. The highest BCUT2D eigenvalue weighted by Gasteiger charge is 2.11. The van der Waals surface area contributed by atoms with Gasteiger partial charge in [0.05, 0.1) is 12.7 Å². The van der Waals surface area contributed by atoms with Gasteiger partial charge in [0, 0.05) is 23.1 Å². The third-order valence-electron chi connectivity index (χ3n) is 2.69. The molecule has 0 aliphatic carbocycles. The van der Waals surface area contributed by atoms with E-state index in [-0.39, 0.29) is 23.6 Å². The van der Waals surface area contributed by atoms with Crippen molar-refractivity contribution < 1.29 is 18.7 Å². The second-order valence-electron chi connectivity index (χ2n) is 3.99. The summed E-state index contributed by atoms with van der Waals surface area (Å²) in [5, 5.41) is 6.09. The van der Waals surface area contributed by atoms with Gasteiger partial charge in [0.2, 0.25) is 0 Å². The second kappa shape index (κ2) is 6.29. The average molecular weight is 293 g/mol. The smallest absolute Gasteiger partial charge is 0.337 e. The third-order valence-corrected chi connectivity index (χ3v) is 3.37. The highest BCUT2D eigenvalue weighted by molar-refractivity contribution is 7.08. The first-order chi connectivity index (χ1) is 9.61. The van der Waals surface area contributed by atoms with Crippen LogP contribution in [0.5, 0.6) is 0 Å². The summed E-state index contributed by atoms with van der Waals surface area (Å²) in [6, 6.07) is 5.57. The number of methoxy groups -OCH3 is 1. The van der Waals surface area contributed by atoms with Gasteiger partial charge < -0.3 is 10.1 Å². The summed E-state index contributed by atoms with van der Waals surface area (Å²) in [6.07, 6.45) is 0. The Morgan fingerprint density at radius 1 is 1.30 bits per heavy atom. The molecule has 0 spiro atoms. The molecule has 0 aliphatic rings. The van der Waals surface area contributed by atoms with Gasteiger partial charge in [0.15, 0.2) is 0 Å². The Hall–Kier alpha value is -2.21. The van der Waals surface area contributed by atoms with Gasteiger partial charge in [0.25, 0.3) is 5.91 Å². The van der Waals surface area contributed by atoms with Gasteiger partial charge in [0.1, 0.15) is 5.82 Å². The Labute approximate surface area is 119 Å². The minimum absolute atomic E-state index is 0.00531. The zero-order valence-corrected chi connectivity index (χ0v) is 11.5. The number of benzene rings is 1. The lowest BCUT2D eigenvalue weighted by Crippen LogP contribution is -2.23. The van der Waals surface area contributed by atoms with Crippen molar-refractivity contribution in [1.29, 1.82) is 0 Å².